The van der Waals surface area contributed by atoms with Crippen molar-refractivity contribution in [2.75, 3.05) is 7.05 Å². The summed E-state index contributed by atoms with van der Waals surface area (Å²) in [5.74, 6) is 0.0235. The smallest absolute Gasteiger partial charge is 0.231 e. The first kappa shape index (κ1) is 14.8. The Morgan fingerprint density at radius 1 is 1.45 bits per heavy atom. The van der Waals surface area contributed by atoms with E-state index in [4.69, 9.17) is 5.41 Å². The highest BCUT2D eigenvalue weighted by molar-refractivity contribution is 9.10. The molecule has 0 aliphatic carbocycles. The number of nitrogens with zero attached hydrogens (tertiary/aromatic N) is 3. The maximum Gasteiger partial charge on any atom is 0.231 e. The molecule has 114 valence electrons. The summed E-state index contributed by atoms with van der Waals surface area (Å²) in [5.41, 5.74) is 1.18. The molecule has 1 atom stereocenters. The molecule has 1 aliphatic heterocycles. The van der Waals surface area contributed by atoms with Crippen molar-refractivity contribution in [2.45, 2.75) is 18.9 Å². The quantitative estimate of drug-likeness (QED) is 0.861. The molecule has 0 radical (unpaired) electrons. The number of guanidine groups is 1. The minimum atomic E-state index is -0.620. The molecule has 1 saturated heterocycles. The van der Waals surface area contributed by atoms with Gasteiger partial charge < -0.3 is 5.32 Å². The number of hydrogen-bond donors (Lipinski definition) is 2. The van der Waals surface area contributed by atoms with Gasteiger partial charge in [-0.2, -0.15) is 5.10 Å². The van der Waals surface area contributed by atoms with Crippen LogP contribution in [0.25, 0.3) is 5.69 Å². The van der Waals surface area contributed by atoms with E-state index in [2.05, 4.69) is 26.3 Å². The molecule has 0 saturated carbocycles. The van der Waals surface area contributed by atoms with E-state index in [1.54, 1.807) is 17.9 Å². The maximum absolute atomic E-state index is 12.0. The summed E-state index contributed by atoms with van der Waals surface area (Å²) in [6, 6.07) is 7.82. The van der Waals surface area contributed by atoms with E-state index in [1.807, 2.05) is 37.4 Å². The highest BCUT2D eigenvalue weighted by Crippen LogP contribution is 2.29. The van der Waals surface area contributed by atoms with Gasteiger partial charge >= 0.3 is 0 Å². The number of carbonyl (C=O) groups is 1. The topological polar surface area (TPSA) is 74.0 Å². The number of carbonyl (C=O) groups excluding carboxylic acids is 1. The van der Waals surface area contributed by atoms with Crippen LogP contribution in [-0.4, -0.2) is 33.6 Å². The Balaban J connectivity index is 1.93. The number of halogens is 1. The van der Waals surface area contributed by atoms with Crippen LogP contribution in [0.3, 0.4) is 0 Å². The third-order valence-corrected chi connectivity index (χ3v) is 4.39. The molecule has 2 N–H and O–H groups in total. The Bertz CT molecular complexity index is 736. The van der Waals surface area contributed by atoms with Gasteiger partial charge in [0, 0.05) is 23.3 Å². The summed E-state index contributed by atoms with van der Waals surface area (Å²) in [6.45, 7) is 1.91. The molecule has 1 amide bonds. The van der Waals surface area contributed by atoms with Crippen LogP contribution in [0.2, 0.25) is 0 Å². The van der Waals surface area contributed by atoms with Gasteiger partial charge in [-0.15, -0.1) is 0 Å². The fraction of sp³-hybridized carbons (Fsp3) is 0.267. The summed E-state index contributed by atoms with van der Waals surface area (Å²) in [4.78, 5) is 13.3. The van der Waals surface area contributed by atoms with Crippen LogP contribution < -0.4 is 5.32 Å². The largest absolute Gasteiger partial charge is 0.346 e. The first-order chi connectivity index (χ1) is 10.4. The third kappa shape index (κ3) is 2.52. The second kappa shape index (κ2) is 5.24. The molecular weight excluding hydrogens is 346 g/mol. The fourth-order valence-corrected chi connectivity index (χ4v) is 2.86. The lowest BCUT2D eigenvalue weighted by molar-refractivity contribution is -0.129. The predicted molar refractivity (Wildman–Crippen MR) is 86.9 cm³/mol. The molecule has 7 heteroatoms. The molecule has 2 heterocycles. The maximum atomic E-state index is 12.0. The van der Waals surface area contributed by atoms with E-state index in [0.29, 0.717) is 0 Å². The molecular formula is C15H16BrN5O. The lowest BCUT2D eigenvalue weighted by atomic mass is 9.89. The number of nitrogens with one attached hydrogen (secondary N) is 2. The number of rotatable bonds is 2. The molecule has 3 rings (SSSR count). The Hall–Kier alpha value is -2.15. The highest BCUT2D eigenvalue weighted by Gasteiger charge is 2.38. The van der Waals surface area contributed by atoms with E-state index < -0.39 is 5.54 Å². The van der Waals surface area contributed by atoms with Crippen LogP contribution >= 0.6 is 15.9 Å². The predicted octanol–water partition coefficient (Wildman–Crippen LogP) is 2.24. The fourth-order valence-electron chi connectivity index (χ4n) is 2.48. The number of aromatic nitrogens is 2. The normalized spacial score (nSPS) is 21.9. The van der Waals surface area contributed by atoms with Gasteiger partial charge in [0.05, 0.1) is 23.8 Å². The Labute approximate surface area is 136 Å². The van der Waals surface area contributed by atoms with Crippen molar-refractivity contribution < 1.29 is 4.79 Å². The number of hydrogen-bond acceptors (Lipinski definition) is 3. The van der Waals surface area contributed by atoms with Crippen LogP contribution in [0.4, 0.5) is 0 Å². The molecule has 22 heavy (non-hydrogen) atoms. The standard InChI is InChI=1S/C15H16BrN5O/c1-15(7-13(22)20(2)14(17)19-15)10-8-18-21(9-10)12-5-3-4-11(16)6-12/h3-6,8-9H,7H2,1-2H3,(H2,17,19)/t15-/m0/s1. The van der Waals surface area contributed by atoms with Crippen molar-refractivity contribution in [3.8, 4) is 5.69 Å². The van der Waals surface area contributed by atoms with Gasteiger partial charge in [-0.3, -0.25) is 15.1 Å². The molecule has 1 fully saturated rings. The van der Waals surface area contributed by atoms with Gasteiger partial charge in [0.15, 0.2) is 5.96 Å². The molecule has 1 aromatic carbocycles. The van der Waals surface area contributed by atoms with Crippen molar-refractivity contribution in [2.24, 2.45) is 0 Å². The molecule has 0 spiro atoms. The molecule has 0 bridgehead atoms. The summed E-state index contributed by atoms with van der Waals surface area (Å²) in [5, 5.41) is 15.4. The lowest BCUT2D eigenvalue weighted by Gasteiger charge is -2.38. The average Bonchev–Trinajstić information content (AvgIpc) is 2.95. The van der Waals surface area contributed by atoms with E-state index in [0.717, 1.165) is 15.7 Å². The van der Waals surface area contributed by atoms with Gasteiger partial charge in [-0.05, 0) is 25.1 Å². The Kier molecular flexibility index (Phi) is 3.52. The van der Waals surface area contributed by atoms with E-state index in [-0.39, 0.29) is 18.3 Å². The minimum Gasteiger partial charge on any atom is -0.346 e. The molecule has 0 unspecified atom stereocenters. The second-order valence-corrected chi connectivity index (χ2v) is 6.50. The van der Waals surface area contributed by atoms with Crippen LogP contribution in [0.5, 0.6) is 0 Å². The van der Waals surface area contributed by atoms with Gasteiger partial charge in [0.2, 0.25) is 5.91 Å². The molecule has 1 aromatic heterocycles. The van der Waals surface area contributed by atoms with Gasteiger partial charge in [-0.1, -0.05) is 22.0 Å². The Morgan fingerprint density at radius 2 is 2.23 bits per heavy atom. The van der Waals surface area contributed by atoms with Crippen LogP contribution in [0.15, 0.2) is 41.1 Å². The summed E-state index contributed by atoms with van der Waals surface area (Å²) in [6.07, 6.45) is 3.91. The van der Waals surface area contributed by atoms with Gasteiger partial charge in [0.25, 0.3) is 0 Å². The van der Waals surface area contributed by atoms with Crippen molar-refractivity contribution in [3.05, 3.63) is 46.7 Å². The van der Waals surface area contributed by atoms with Crippen molar-refractivity contribution >= 4 is 27.8 Å². The number of amides is 1. The monoisotopic (exact) mass is 361 g/mol. The van der Waals surface area contributed by atoms with Crippen LogP contribution in [0, 0.1) is 5.41 Å². The van der Waals surface area contributed by atoms with E-state index in [9.17, 15) is 4.79 Å². The lowest BCUT2D eigenvalue weighted by Crippen LogP contribution is -2.58. The minimum absolute atomic E-state index is 0.0820. The summed E-state index contributed by atoms with van der Waals surface area (Å²) in [7, 11) is 1.60. The number of benzene rings is 1. The summed E-state index contributed by atoms with van der Waals surface area (Å²) >= 11 is 3.44. The van der Waals surface area contributed by atoms with Crippen LogP contribution in [0.1, 0.15) is 18.9 Å². The first-order valence-corrected chi connectivity index (χ1v) is 7.63. The van der Waals surface area contributed by atoms with E-state index in [1.165, 1.54) is 4.90 Å². The van der Waals surface area contributed by atoms with Crippen molar-refractivity contribution in [3.63, 3.8) is 0 Å². The van der Waals surface area contributed by atoms with Gasteiger partial charge in [0.1, 0.15) is 0 Å². The van der Waals surface area contributed by atoms with E-state index >= 15 is 0 Å². The third-order valence-electron chi connectivity index (χ3n) is 3.90. The summed E-state index contributed by atoms with van der Waals surface area (Å²) < 4.78 is 2.74. The van der Waals surface area contributed by atoms with Crippen molar-refractivity contribution in [1.29, 1.82) is 5.41 Å². The molecule has 1 aliphatic rings. The van der Waals surface area contributed by atoms with Crippen molar-refractivity contribution in [1.82, 2.24) is 20.0 Å². The second-order valence-electron chi connectivity index (χ2n) is 5.59. The molecule has 2 aromatic rings. The first-order valence-electron chi connectivity index (χ1n) is 6.83. The average molecular weight is 362 g/mol. The van der Waals surface area contributed by atoms with Crippen LogP contribution in [-0.2, 0) is 10.3 Å². The zero-order chi connectivity index (χ0) is 15.9. The Morgan fingerprint density at radius 3 is 2.91 bits per heavy atom. The molecule has 6 nitrogen and oxygen atoms in total. The zero-order valence-electron chi connectivity index (χ0n) is 12.3. The van der Waals surface area contributed by atoms with Gasteiger partial charge in [-0.25, -0.2) is 4.68 Å². The SMILES string of the molecule is CN1C(=N)N[C@](C)(c2cnn(-c3cccc(Br)c3)c2)CC1=O. The highest BCUT2D eigenvalue weighted by atomic mass is 79.9. The zero-order valence-corrected chi connectivity index (χ0v) is 13.9.